The summed E-state index contributed by atoms with van der Waals surface area (Å²) in [5.74, 6) is 0. The molecule has 2 atom stereocenters. The summed E-state index contributed by atoms with van der Waals surface area (Å²) in [6.07, 6.45) is 1.53. The lowest BCUT2D eigenvalue weighted by Gasteiger charge is -2.34. The topological polar surface area (TPSA) is 102 Å². The summed E-state index contributed by atoms with van der Waals surface area (Å²) < 4.78 is 39.2. The van der Waals surface area contributed by atoms with Gasteiger partial charge in [-0.25, -0.2) is 4.18 Å². The van der Waals surface area contributed by atoms with Crippen LogP contribution >= 0.6 is 34.8 Å². The Morgan fingerprint density at radius 3 is 2.22 bits per heavy atom. The zero-order valence-electron chi connectivity index (χ0n) is 23.9. The molecule has 45 heavy (non-hydrogen) atoms. The lowest BCUT2D eigenvalue weighted by Crippen LogP contribution is -2.43. The SMILES string of the molecule is Cc1ccc(S(=O)(=O)OC2N(Cc3ccccc3[N+](=O)[O-])C=CN2CC(OCc2ccc(Cl)cc2Cl)c2ccc(Cl)cc2)cc1. The highest BCUT2D eigenvalue weighted by Crippen LogP contribution is 2.32. The van der Waals surface area contributed by atoms with E-state index in [0.717, 1.165) is 11.1 Å². The van der Waals surface area contributed by atoms with Crippen molar-refractivity contribution in [3.63, 3.8) is 0 Å². The number of nitro benzene ring substituents is 1. The molecule has 234 valence electrons. The summed E-state index contributed by atoms with van der Waals surface area (Å²) in [7, 11) is -4.26. The van der Waals surface area contributed by atoms with E-state index in [9.17, 15) is 18.5 Å². The number of para-hydroxylation sites is 1. The molecule has 0 N–H and O–H groups in total. The minimum atomic E-state index is -4.26. The van der Waals surface area contributed by atoms with E-state index >= 15 is 0 Å². The van der Waals surface area contributed by atoms with Crippen LogP contribution in [-0.4, -0.2) is 36.0 Å². The van der Waals surface area contributed by atoms with E-state index in [0.29, 0.717) is 26.2 Å². The van der Waals surface area contributed by atoms with Crippen LogP contribution in [0, 0.1) is 17.0 Å². The second-order valence-corrected chi connectivity index (χ2v) is 13.2. The third-order valence-electron chi connectivity index (χ3n) is 7.15. The fourth-order valence-corrected chi connectivity index (χ4v) is 6.36. The maximum Gasteiger partial charge on any atom is 0.300 e. The quantitative estimate of drug-likeness (QED) is 0.0836. The smallest absolute Gasteiger partial charge is 0.300 e. The van der Waals surface area contributed by atoms with Gasteiger partial charge in [-0.1, -0.05) is 88.9 Å². The Balaban J connectivity index is 1.46. The predicted octanol–water partition coefficient (Wildman–Crippen LogP) is 8.10. The maximum atomic E-state index is 13.5. The highest BCUT2D eigenvalue weighted by Gasteiger charge is 2.35. The van der Waals surface area contributed by atoms with Gasteiger partial charge < -0.3 is 14.5 Å². The minimum Gasteiger partial charge on any atom is -0.367 e. The van der Waals surface area contributed by atoms with Crippen LogP contribution in [0.1, 0.15) is 28.4 Å². The molecule has 13 heteroatoms. The molecule has 1 heterocycles. The van der Waals surface area contributed by atoms with Gasteiger partial charge in [-0.3, -0.25) is 10.1 Å². The molecule has 4 aromatic rings. The molecule has 0 fully saturated rings. The van der Waals surface area contributed by atoms with Crippen LogP contribution in [0.2, 0.25) is 15.1 Å². The molecule has 1 aliphatic heterocycles. The van der Waals surface area contributed by atoms with Crippen molar-refractivity contribution in [3.05, 3.63) is 151 Å². The van der Waals surface area contributed by atoms with E-state index < -0.39 is 27.5 Å². The molecule has 5 rings (SSSR count). The van der Waals surface area contributed by atoms with Crippen LogP contribution in [0.15, 0.2) is 108 Å². The Kier molecular flexibility index (Phi) is 10.3. The lowest BCUT2D eigenvalue weighted by atomic mass is 10.1. The Labute approximate surface area is 276 Å². The molecule has 0 aliphatic carbocycles. The van der Waals surface area contributed by atoms with E-state index in [1.54, 1.807) is 82.9 Å². The number of aryl methyl sites for hydroxylation is 1. The second-order valence-electron chi connectivity index (χ2n) is 10.3. The predicted molar refractivity (Wildman–Crippen MR) is 173 cm³/mol. The second kappa shape index (κ2) is 14.2. The molecule has 2 unspecified atom stereocenters. The molecule has 1 aliphatic rings. The van der Waals surface area contributed by atoms with Gasteiger partial charge in [0.05, 0.1) is 29.5 Å². The van der Waals surface area contributed by atoms with Crippen molar-refractivity contribution in [1.82, 2.24) is 9.80 Å². The molecule has 4 aromatic carbocycles. The largest absolute Gasteiger partial charge is 0.367 e. The average Bonchev–Trinajstić information content (AvgIpc) is 3.36. The van der Waals surface area contributed by atoms with Gasteiger partial charge in [0.15, 0.2) is 0 Å². The summed E-state index contributed by atoms with van der Waals surface area (Å²) >= 11 is 18.6. The molecule has 0 amide bonds. The summed E-state index contributed by atoms with van der Waals surface area (Å²) in [5, 5.41) is 13.2. The molecule has 0 saturated carbocycles. The number of rotatable bonds is 12. The summed E-state index contributed by atoms with van der Waals surface area (Å²) in [5.41, 5.74) is 2.67. The van der Waals surface area contributed by atoms with Crippen molar-refractivity contribution in [2.75, 3.05) is 6.54 Å². The number of halogens is 3. The van der Waals surface area contributed by atoms with Gasteiger partial charge in [-0.2, -0.15) is 8.42 Å². The first-order valence-electron chi connectivity index (χ1n) is 13.7. The van der Waals surface area contributed by atoms with Crippen molar-refractivity contribution in [2.45, 2.75) is 37.4 Å². The molecule has 0 saturated heterocycles. The van der Waals surface area contributed by atoms with Gasteiger partial charge in [-0.15, -0.1) is 0 Å². The zero-order chi connectivity index (χ0) is 32.1. The van der Waals surface area contributed by atoms with E-state index in [4.69, 9.17) is 43.7 Å². The van der Waals surface area contributed by atoms with E-state index in [1.807, 2.05) is 19.1 Å². The highest BCUT2D eigenvalue weighted by molar-refractivity contribution is 7.86. The van der Waals surface area contributed by atoms with Crippen LogP contribution in [0.4, 0.5) is 5.69 Å². The number of benzene rings is 4. The number of hydrogen-bond acceptors (Lipinski definition) is 8. The third kappa shape index (κ3) is 8.15. The van der Waals surface area contributed by atoms with Crippen molar-refractivity contribution in [1.29, 1.82) is 0 Å². The van der Waals surface area contributed by atoms with E-state index in [1.165, 1.54) is 18.2 Å². The lowest BCUT2D eigenvalue weighted by molar-refractivity contribution is -0.385. The van der Waals surface area contributed by atoms with Crippen LogP contribution in [0.3, 0.4) is 0 Å². The first-order chi connectivity index (χ1) is 21.5. The maximum absolute atomic E-state index is 13.5. The van der Waals surface area contributed by atoms with E-state index in [2.05, 4.69) is 0 Å². The monoisotopic (exact) mass is 687 g/mol. The molecule has 9 nitrogen and oxygen atoms in total. The fourth-order valence-electron chi connectivity index (χ4n) is 4.75. The third-order valence-corrected chi connectivity index (χ3v) is 9.27. The van der Waals surface area contributed by atoms with Gasteiger partial charge in [0.2, 0.25) is 6.35 Å². The average molecular weight is 689 g/mol. The van der Waals surface area contributed by atoms with Gasteiger partial charge in [0.25, 0.3) is 15.8 Å². The summed E-state index contributed by atoms with van der Waals surface area (Å²) in [4.78, 5) is 14.5. The molecule has 0 spiro atoms. The molecule has 0 aromatic heterocycles. The van der Waals surface area contributed by atoms with Gasteiger partial charge >= 0.3 is 0 Å². The first kappa shape index (κ1) is 32.7. The Bertz CT molecular complexity index is 1800. The van der Waals surface area contributed by atoms with Gasteiger partial charge in [0.1, 0.15) is 6.10 Å². The van der Waals surface area contributed by atoms with Crippen molar-refractivity contribution in [2.24, 2.45) is 0 Å². The van der Waals surface area contributed by atoms with Crippen molar-refractivity contribution in [3.8, 4) is 0 Å². The molecular weight excluding hydrogens is 661 g/mol. The number of ether oxygens (including phenoxy) is 1. The van der Waals surface area contributed by atoms with Crippen LogP contribution < -0.4 is 0 Å². The van der Waals surface area contributed by atoms with Gasteiger partial charge in [0, 0.05) is 39.1 Å². The zero-order valence-corrected chi connectivity index (χ0v) is 27.0. The van der Waals surface area contributed by atoms with Crippen LogP contribution in [-0.2, 0) is 32.2 Å². The van der Waals surface area contributed by atoms with E-state index in [-0.39, 0.29) is 30.3 Å². The number of nitro groups is 1. The van der Waals surface area contributed by atoms with Crippen LogP contribution in [0.5, 0.6) is 0 Å². The normalized spacial score (nSPS) is 15.4. The number of nitrogens with zero attached hydrogens (tertiary/aromatic N) is 3. The summed E-state index contributed by atoms with van der Waals surface area (Å²) in [6, 6.07) is 24.8. The van der Waals surface area contributed by atoms with Crippen LogP contribution in [0.25, 0.3) is 0 Å². The van der Waals surface area contributed by atoms with Crippen molar-refractivity contribution >= 4 is 50.6 Å². The Hall–Kier alpha value is -3.64. The van der Waals surface area contributed by atoms with Gasteiger partial charge in [-0.05, 0) is 54.4 Å². The molecule has 0 radical (unpaired) electrons. The summed E-state index contributed by atoms with van der Waals surface area (Å²) in [6.45, 7) is 2.13. The first-order valence-corrected chi connectivity index (χ1v) is 16.3. The number of hydrogen-bond donors (Lipinski definition) is 0. The Morgan fingerprint density at radius 1 is 0.867 bits per heavy atom. The Morgan fingerprint density at radius 2 is 1.53 bits per heavy atom. The fraction of sp³-hybridized carbons (Fsp3) is 0.188. The minimum absolute atomic E-state index is 0.00505. The molecular formula is C32H28Cl3N3O6S. The molecule has 0 bridgehead atoms. The highest BCUT2D eigenvalue weighted by atomic mass is 35.5. The van der Waals surface area contributed by atoms with Crippen molar-refractivity contribution < 1.29 is 22.3 Å². The standard InChI is InChI=1S/C32H28Cl3N3O6S/c1-22-6-14-28(15-7-22)45(41,42)44-32-36(19-24-4-2-3-5-30(24)38(39)40)16-17-37(32)20-31(23-8-11-26(33)12-9-23)43-21-25-10-13-27(34)18-29(25)35/h2-18,31-32H,19-21H2,1H3.